The van der Waals surface area contributed by atoms with Crippen molar-refractivity contribution in [3.05, 3.63) is 0 Å². The summed E-state index contributed by atoms with van der Waals surface area (Å²) in [5.74, 6) is 4.06. The van der Waals surface area contributed by atoms with E-state index in [1.807, 2.05) is 0 Å². The Kier molecular flexibility index (Phi) is 1.31. The fraction of sp³-hybridized carbons (Fsp3) is 1.00. The molecule has 1 saturated heterocycles. The third kappa shape index (κ3) is 0.807. The van der Waals surface area contributed by atoms with Gasteiger partial charge in [0.2, 0.25) is 0 Å². The Balaban J connectivity index is 1.91. The zero-order valence-corrected chi connectivity index (χ0v) is 6.96. The van der Waals surface area contributed by atoms with Gasteiger partial charge in [-0.3, -0.25) is 0 Å². The number of ether oxygens (including phenoxy) is 1. The molecule has 0 aromatic carbocycles. The van der Waals surface area contributed by atoms with Gasteiger partial charge in [0.15, 0.2) is 0 Å². The van der Waals surface area contributed by atoms with Crippen LogP contribution in [-0.2, 0) is 4.74 Å². The molecule has 0 spiro atoms. The van der Waals surface area contributed by atoms with Crippen LogP contribution in [-0.4, -0.2) is 13.2 Å². The van der Waals surface area contributed by atoms with Crippen molar-refractivity contribution in [2.24, 2.45) is 23.7 Å². The highest BCUT2D eigenvalue weighted by Gasteiger charge is 2.47. The maximum Gasteiger partial charge on any atom is 0.0499 e. The van der Waals surface area contributed by atoms with Crippen molar-refractivity contribution in [3.63, 3.8) is 0 Å². The maximum atomic E-state index is 5.59. The number of hydrogen-bond donors (Lipinski definition) is 0. The fourth-order valence-electron chi connectivity index (χ4n) is 3.64. The van der Waals surface area contributed by atoms with Crippen molar-refractivity contribution in [2.45, 2.75) is 25.7 Å². The van der Waals surface area contributed by atoms with E-state index in [0.717, 1.165) is 36.9 Å². The quantitative estimate of drug-likeness (QED) is 0.516. The van der Waals surface area contributed by atoms with Crippen molar-refractivity contribution >= 4 is 0 Å². The number of hydrogen-bond acceptors (Lipinski definition) is 1. The van der Waals surface area contributed by atoms with Gasteiger partial charge < -0.3 is 4.74 Å². The Morgan fingerprint density at radius 1 is 0.909 bits per heavy atom. The van der Waals surface area contributed by atoms with Crippen molar-refractivity contribution < 1.29 is 4.74 Å². The zero-order valence-electron chi connectivity index (χ0n) is 6.96. The molecular formula is C10H16O. The Hall–Kier alpha value is -0.0400. The van der Waals surface area contributed by atoms with Crippen LogP contribution in [0.4, 0.5) is 0 Å². The van der Waals surface area contributed by atoms with E-state index in [2.05, 4.69) is 0 Å². The molecule has 3 rings (SSSR count). The van der Waals surface area contributed by atoms with Crippen LogP contribution < -0.4 is 0 Å². The van der Waals surface area contributed by atoms with Gasteiger partial charge in [-0.15, -0.1) is 0 Å². The third-order valence-corrected chi connectivity index (χ3v) is 4.12. The Bertz CT molecular complexity index is 148. The minimum absolute atomic E-state index is 0.959. The summed E-state index contributed by atoms with van der Waals surface area (Å²) in [6, 6.07) is 0. The largest absolute Gasteiger partial charge is 0.381 e. The first-order chi connectivity index (χ1) is 5.45. The highest BCUT2D eigenvalue weighted by atomic mass is 16.5. The Labute approximate surface area is 68.1 Å². The summed E-state index contributed by atoms with van der Waals surface area (Å²) in [7, 11) is 0. The van der Waals surface area contributed by atoms with Crippen LogP contribution in [0.25, 0.3) is 0 Å². The van der Waals surface area contributed by atoms with Crippen molar-refractivity contribution in [3.8, 4) is 0 Å². The summed E-state index contributed by atoms with van der Waals surface area (Å²) in [6.45, 7) is 2.17. The summed E-state index contributed by atoms with van der Waals surface area (Å²) >= 11 is 0. The first kappa shape index (κ1) is 6.47. The van der Waals surface area contributed by atoms with Gasteiger partial charge in [0.25, 0.3) is 0 Å². The van der Waals surface area contributed by atoms with Gasteiger partial charge >= 0.3 is 0 Å². The lowest BCUT2D eigenvalue weighted by Gasteiger charge is -2.34. The molecule has 4 atom stereocenters. The summed E-state index contributed by atoms with van der Waals surface area (Å²) in [6.07, 6.45) is 6.01. The van der Waals surface area contributed by atoms with Gasteiger partial charge in [0.05, 0.1) is 0 Å². The lowest BCUT2D eigenvalue weighted by atomic mass is 9.77. The monoisotopic (exact) mass is 152 g/mol. The van der Waals surface area contributed by atoms with Crippen LogP contribution in [0.2, 0.25) is 0 Å². The molecule has 1 nitrogen and oxygen atoms in total. The fourth-order valence-corrected chi connectivity index (χ4v) is 3.64. The average Bonchev–Trinajstić information content (AvgIpc) is 2.31. The highest BCUT2D eigenvalue weighted by molar-refractivity contribution is 4.96. The zero-order chi connectivity index (χ0) is 7.26. The lowest BCUT2D eigenvalue weighted by molar-refractivity contribution is -0.0119. The highest BCUT2D eigenvalue weighted by Crippen LogP contribution is 2.52. The minimum Gasteiger partial charge on any atom is -0.381 e. The summed E-state index contributed by atoms with van der Waals surface area (Å²) < 4.78 is 5.59. The average molecular weight is 152 g/mol. The van der Waals surface area contributed by atoms with E-state index >= 15 is 0 Å². The summed E-state index contributed by atoms with van der Waals surface area (Å²) in [5, 5.41) is 0. The molecule has 0 N–H and O–H groups in total. The van der Waals surface area contributed by atoms with E-state index in [1.165, 1.54) is 25.7 Å². The molecule has 11 heavy (non-hydrogen) atoms. The van der Waals surface area contributed by atoms with Gasteiger partial charge in [-0.1, -0.05) is 12.8 Å². The first-order valence-electron chi connectivity index (χ1n) is 5.03. The van der Waals surface area contributed by atoms with E-state index in [4.69, 9.17) is 4.74 Å². The SMILES string of the molecule is C1CC2CC3COCC2C3C1. The van der Waals surface area contributed by atoms with Crippen LogP contribution >= 0.6 is 0 Å². The van der Waals surface area contributed by atoms with Gasteiger partial charge in [-0.25, -0.2) is 0 Å². The number of rotatable bonds is 0. The summed E-state index contributed by atoms with van der Waals surface area (Å²) in [4.78, 5) is 0. The molecule has 2 saturated carbocycles. The molecule has 3 aliphatic rings. The van der Waals surface area contributed by atoms with E-state index < -0.39 is 0 Å². The predicted molar refractivity (Wildman–Crippen MR) is 43.2 cm³/mol. The minimum atomic E-state index is 0.959. The van der Waals surface area contributed by atoms with E-state index in [0.29, 0.717) is 0 Å². The molecule has 0 amide bonds. The second-order valence-corrected chi connectivity index (χ2v) is 4.55. The van der Waals surface area contributed by atoms with Crippen LogP contribution in [0.5, 0.6) is 0 Å². The molecule has 4 bridgehead atoms. The Morgan fingerprint density at radius 2 is 1.91 bits per heavy atom. The van der Waals surface area contributed by atoms with Crippen LogP contribution in [0.1, 0.15) is 25.7 Å². The summed E-state index contributed by atoms with van der Waals surface area (Å²) in [5.41, 5.74) is 0. The van der Waals surface area contributed by atoms with Gasteiger partial charge in [-0.05, 0) is 36.5 Å². The van der Waals surface area contributed by atoms with E-state index in [9.17, 15) is 0 Å². The molecule has 1 heteroatoms. The van der Waals surface area contributed by atoms with E-state index in [-0.39, 0.29) is 0 Å². The van der Waals surface area contributed by atoms with Crippen molar-refractivity contribution in [2.75, 3.05) is 13.2 Å². The molecule has 4 unspecified atom stereocenters. The normalized spacial score (nSPS) is 54.5. The van der Waals surface area contributed by atoms with Crippen molar-refractivity contribution in [1.29, 1.82) is 0 Å². The molecular weight excluding hydrogens is 136 g/mol. The topological polar surface area (TPSA) is 9.23 Å². The second-order valence-electron chi connectivity index (χ2n) is 4.55. The first-order valence-corrected chi connectivity index (χ1v) is 5.03. The predicted octanol–water partition coefficient (Wildman–Crippen LogP) is 2.07. The standard InChI is InChI=1S/C10H16O/c1-2-7-4-8-5-11-6-10(7)9(8)3-1/h7-10H,1-6H2. The molecule has 1 aliphatic heterocycles. The molecule has 0 aromatic heterocycles. The molecule has 1 heterocycles. The third-order valence-electron chi connectivity index (χ3n) is 4.12. The van der Waals surface area contributed by atoms with Gasteiger partial charge in [0.1, 0.15) is 0 Å². The van der Waals surface area contributed by atoms with Crippen LogP contribution in [0.15, 0.2) is 0 Å². The molecule has 2 aliphatic carbocycles. The second kappa shape index (κ2) is 2.22. The van der Waals surface area contributed by atoms with Gasteiger partial charge in [-0.2, -0.15) is 0 Å². The maximum absolute atomic E-state index is 5.59. The Morgan fingerprint density at radius 3 is 2.82 bits per heavy atom. The molecule has 3 fully saturated rings. The van der Waals surface area contributed by atoms with Crippen LogP contribution in [0, 0.1) is 23.7 Å². The smallest absolute Gasteiger partial charge is 0.0499 e. The van der Waals surface area contributed by atoms with Gasteiger partial charge in [0, 0.05) is 13.2 Å². The van der Waals surface area contributed by atoms with Crippen molar-refractivity contribution in [1.82, 2.24) is 0 Å². The van der Waals surface area contributed by atoms with Crippen LogP contribution in [0.3, 0.4) is 0 Å². The lowest BCUT2D eigenvalue weighted by Crippen LogP contribution is -2.32. The molecule has 62 valence electrons. The molecule has 0 radical (unpaired) electrons. The molecule has 0 aromatic rings. The van der Waals surface area contributed by atoms with E-state index in [1.54, 1.807) is 0 Å².